The second-order valence-corrected chi connectivity index (χ2v) is 10.9. The minimum absolute atomic E-state index is 0.168. The largest absolute Gasteiger partial charge is 0.493 e. The molecule has 1 aromatic heterocycles. The summed E-state index contributed by atoms with van der Waals surface area (Å²) in [7, 11) is 1.48. The Labute approximate surface area is 228 Å². The standard InChI is InChI=1S/C26H28BrClN4O5/c1-26(2,3)25-30-20-6-5-17(27)12-19(20)24(34)32(25)29-14-16-11-18(28)13-21(35-4)23(16)37-15-22(33)31-7-9-36-10-8-31/h5-6,11-14H,7-10,15H2,1-4H3. The Bertz CT molecular complexity index is 1410. The molecule has 9 nitrogen and oxygen atoms in total. The number of ether oxygens (including phenoxy) is 3. The molecule has 0 aliphatic carbocycles. The number of benzene rings is 2. The first-order valence-electron chi connectivity index (χ1n) is 11.7. The predicted molar refractivity (Wildman–Crippen MR) is 146 cm³/mol. The van der Waals surface area contributed by atoms with Gasteiger partial charge in [0.15, 0.2) is 18.1 Å². The zero-order chi connectivity index (χ0) is 26.7. The molecule has 0 saturated carbocycles. The Morgan fingerprint density at radius 1 is 1.24 bits per heavy atom. The van der Waals surface area contributed by atoms with Gasteiger partial charge < -0.3 is 19.1 Å². The number of hydrogen-bond donors (Lipinski definition) is 0. The molecule has 0 unspecified atom stereocenters. The molecule has 4 rings (SSSR count). The van der Waals surface area contributed by atoms with Gasteiger partial charge in [-0.25, -0.2) is 4.98 Å². The van der Waals surface area contributed by atoms with Crippen LogP contribution in [0.1, 0.15) is 32.2 Å². The third kappa shape index (κ3) is 6.14. The van der Waals surface area contributed by atoms with Crippen LogP contribution in [0.15, 0.2) is 44.7 Å². The number of methoxy groups -OCH3 is 1. The highest BCUT2D eigenvalue weighted by Gasteiger charge is 2.24. The molecule has 37 heavy (non-hydrogen) atoms. The second-order valence-electron chi connectivity index (χ2n) is 9.52. The minimum Gasteiger partial charge on any atom is -0.493 e. The van der Waals surface area contributed by atoms with Crippen LogP contribution in [-0.2, 0) is 14.9 Å². The van der Waals surface area contributed by atoms with E-state index < -0.39 is 5.41 Å². The lowest BCUT2D eigenvalue weighted by Crippen LogP contribution is -2.43. The van der Waals surface area contributed by atoms with Crippen LogP contribution in [0.3, 0.4) is 0 Å². The van der Waals surface area contributed by atoms with E-state index in [0.717, 1.165) is 4.47 Å². The van der Waals surface area contributed by atoms with Gasteiger partial charge in [-0.05, 0) is 24.3 Å². The SMILES string of the molecule is COc1cc(Cl)cc(C=Nn2c(C(C)(C)C)nc3ccc(Br)cc3c2=O)c1OCC(=O)N1CCOCC1. The molecule has 2 aromatic carbocycles. The summed E-state index contributed by atoms with van der Waals surface area (Å²) >= 11 is 9.74. The summed E-state index contributed by atoms with van der Waals surface area (Å²) in [5, 5.41) is 5.32. The molecule has 1 amide bonds. The van der Waals surface area contributed by atoms with Crippen molar-refractivity contribution in [3.05, 3.63) is 61.6 Å². The van der Waals surface area contributed by atoms with E-state index in [1.54, 1.807) is 29.2 Å². The van der Waals surface area contributed by atoms with E-state index in [2.05, 4.69) is 21.0 Å². The lowest BCUT2D eigenvalue weighted by Gasteiger charge is -2.27. The second kappa shape index (κ2) is 11.2. The van der Waals surface area contributed by atoms with Crippen molar-refractivity contribution in [2.24, 2.45) is 5.10 Å². The van der Waals surface area contributed by atoms with E-state index in [1.165, 1.54) is 18.0 Å². The van der Waals surface area contributed by atoms with Gasteiger partial charge in [-0.2, -0.15) is 9.78 Å². The lowest BCUT2D eigenvalue weighted by atomic mass is 9.95. The fraction of sp³-hybridized carbons (Fsp3) is 0.385. The molecule has 0 bridgehead atoms. The normalized spacial score (nSPS) is 14.4. The third-order valence-corrected chi connectivity index (χ3v) is 6.47. The molecule has 0 spiro atoms. The van der Waals surface area contributed by atoms with Gasteiger partial charge in [0.25, 0.3) is 11.5 Å². The van der Waals surface area contributed by atoms with Gasteiger partial charge in [-0.3, -0.25) is 9.59 Å². The highest BCUT2D eigenvalue weighted by atomic mass is 79.9. The molecule has 196 valence electrons. The van der Waals surface area contributed by atoms with E-state index in [-0.39, 0.29) is 18.1 Å². The molecule has 0 N–H and O–H groups in total. The molecule has 0 radical (unpaired) electrons. The van der Waals surface area contributed by atoms with Crippen molar-refractivity contribution in [2.75, 3.05) is 40.0 Å². The lowest BCUT2D eigenvalue weighted by molar-refractivity contribution is -0.137. The van der Waals surface area contributed by atoms with Crippen molar-refractivity contribution >= 4 is 50.6 Å². The van der Waals surface area contributed by atoms with Crippen LogP contribution in [0.25, 0.3) is 10.9 Å². The Balaban J connectivity index is 1.75. The first-order chi connectivity index (χ1) is 17.6. The monoisotopic (exact) mass is 590 g/mol. The van der Waals surface area contributed by atoms with Crippen LogP contribution in [0.5, 0.6) is 11.5 Å². The highest BCUT2D eigenvalue weighted by molar-refractivity contribution is 9.10. The zero-order valence-electron chi connectivity index (χ0n) is 21.1. The van der Waals surface area contributed by atoms with E-state index in [4.69, 9.17) is 30.8 Å². The van der Waals surface area contributed by atoms with Crippen molar-refractivity contribution in [1.82, 2.24) is 14.6 Å². The van der Waals surface area contributed by atoms with Gasteiger partial charge in [0.1, 0.15) is 5.82 Å². The summed E-state index contributed by atoms with van der Waals surface area (Å²) in [5.41, 5.74) is 0.236. The van der Waals surface area contributed by atoms with Crippen LogP contribution >= 0.6 is 27.5 Å². The number of fused-ring (bicyclic) bond motifs is 1. The summed E-state index contributed by atoms with van der Waals surface area (Å²) in [6.45, 7) is 7.69. The molecule has 1 aliphatic heterocycles. The van der Waals surface area contributed by atoms with Crippen molar-refractivity contribution in [2.45, 2.75) is 26.2 Å². The molecule has 11 heteroatoms. The van der Waals surface area contributed by atoms with Crippen molar-refractivity contribution in [1.29, 1.82) is 0 Å². The average molecular weight is 592 g/mol. The van der Waals surface area contributed by atoms with E-state index >= 15 is 0 Å². The highest BCUT2D eigenvalue weighted by Crippen LogP contribution is 2.34. The predicted octanol–water partition coefficient (Wildman–Crippen LogP) is 4.24. The molecular formula is C26H28BrClN4O5. The van der Waals surface area contributed by atoms with Gasteiger partial charge >= 0.3 is 0 Å². The smallest absolute Gasteiger partial charge is 0.282 e. The maximum Gasteiger partial charge on any atom is 0.282 e. The van der Waals surface area contributed by atoms with Crippen molar-refractivity contribution in [3.63, 3.8) is 0 Å². The quantitative estimate of drug-likeness (QED) is 0.398. The molecule has 2 heterocycles. The van der Waals surface area contributed by atoms with Crippen LogP contribution in [0.4, 0.5) is 0 Å². The maximum atomic E-state index is 13.5. The number of rotatable bonds is 6. The molecule has 3 aromatic rings. The summed E-state index contributed by atoms with van der Waals surface area (Å²) < 4.78 is 18.7. The minimum atomic E-state index is -0.478. The molecular weight excluding hydrogens is 564 g/mol. The maximum absolute atomic E-state index is 13.5. The molecule has 1 aliphatic rings. The van der Waals surface area contributed by atoms with Crippen LogP contribution in [0.2, 0.25) is 5.02 Å². The van der Waals surface area contributed by atoms with Gasteiger partial charge in [-0.15, -0.1) is 0 Å². The number of halogens is 2. The fourth-order valence-electron chi connectivity index (χ4n) is 3.89. The number of morpholine rings is 1. The van der Waals surface area contributed by atoms with Gasteiger partial charge in [0.2, 0.25) is 0 Å². The first-order valence-corrected chi connectivity index (χ1v) is 12.9. The van der Waals surface area contributed by atoms with Gasteiger partial charge in [0, 0.05) is 39.6 Å². The Hall–Kier alpha value is -2.95. The first kappa shape index (κ1) is 27.1. The third-order valence-electron chi connectivity index (χ3n) is 5.76. The zero-order valence-corrected chi connectivity index (χ0v) is 23.4. The molecule has 1 fully saturated rings. The van der Waals surface area contributed by atoms with E-state index in [1.807, 2.05) is 26.8 Å². The van der Waals surface area contributed by atoms with Gasteiger partial charge in [0.05, 0.1) is 37.4 Å². The summed E-state index contributed by atoms with van der Waals surface area (Å²) in [6.07, 6.45) is 1.46. The average Bonchev–Trinajstić information content (AvgIpc) is 2.87. The summed E-state index contributed by atoms with van der Waals surface area (Å²) in [5.74, 6) is 0.952. The summed E-state index contributed by atoms with van der Waals surface area (Å²) in [4.78, 5) is 32.6. The number of carbonyl (C=O) groups excluding carboxylic acids is 1. The molecule has 0 atom stereocenters. The van der Waals surface area contributed by atoms with Crippen LogP contribution in [0, 0.1) is 0 Å². The number of aromatic nitrogens is 2. The Kier molecular flexibility index (Phi) is 8.20. The number of nitrogens with zero attached hydrogens (tertiary/aromatic N) is 4. The topological polar surface area (TPSA) is 95.2 Å². The summed E-state index contributed by atoms with van der Waals surface area (Å²) in [6, 6.07) is 8.58. The Morgan fingerprint density at radius 3 is 2.65 bits per heavy atom. The number of carbonyl (C=O) groups is 1. The molecule has 1 saturated heterocycles. The van der Waals surface area contributed by atoms with Gasteiger partial charge in [-0.1, -0.05) is 48.3 Å². The van der Waals surface area contributed by atoms with E-state index in [0.29, 0.717) is 65.1 Å². The fourth-order valence-corrected chi connectivity index (χ4v) is 4.47. The number of amides is 1. The van der Waals surface area contributed by atoms with E-state index in [9.17, 15) is 9.59 Å². The van der Waals surface area contributed by atoms with Crippen LogP contribution < -0.4 is 15.0 Å². The van der Waals surface area contributed by atoms with Crippen molar-refractivity contribution in [3.8, 4) is 11.5 Å². The number of hydrogen-bond acceptors (Lipinski definition) is 7. The Morgan fingerprint density at radius 2 is 1.97 bits per heavy atom. The van der Waals surface area contributed by atoms with Crippen molar-refractivity contribution < 1.29 is 19.0 Å². The van der Waals surface area contributed by atoms with Crippen LogP contribution in [-0.4, -0.2) is 66.7 Å².